The summed E-state index contributed by atoms with van der Waals surface area (Å²) >= 11 is 1.61. The van der Waals surface area contributed by atoms with Crippen LogP contribution in [0.2, 0.25) is 0 Å². The summed E-state index contributed by atoms with van der Waals surface area (Å²) < 4.78 is 0. The van der Waals surface area contributed by atoms with Gasteiger partial charge in [-0.25, -0.2) is 4.98 Å². The maximum Gasteiger partial charge on any atom is 0.220 e. The van der Waals surface area contributed by atoms with Gasteiger partial charge in [0.1, 0.15) is 0 Å². The van der Waals surface area contributed by atoms with E-state index >= 15 is 0 Å². The van der Waals surface area contributed by atoms with Crippen molar-refractivity contribution < 1.29 is 4.79 Å². The molecule has 1 heterocycles. The Morgan fingerprint density at radius 2 is 2.47 bits per heavy atom. The van der Waals surface area contributed by atoms with Gasteiger partial charge in [0.05, 0.1) is 11.2 Å². The average molecular weight is 253 g/mol. The Morgan fingerprint density at radius 1 is 1.65 bits per heavy atom. The van der Waals surface area contributed by atoms with Crippen LogP contribution < -0.4 is 10.6 Å². The quantitative estimate of drug-likeness (QED) is 0.729. The van der Waals surface area contributed by atoms with Gasteiger partial charge in [0.25, 0.3) is 0 Å². The van der Waals surface area contributed by atoms with Gasteiger partial charge in [-0.3, -0.25) is 4.79 Å². The lowest BCUT2D eigenvalue weighted by molar-refractivity contribution is -0.121. The summed E-state index contributed by atoms with van der Waals surface area (Å²) in [5, 5.41) is 8.42. The maximum atomic E-state index is 11.4. The molecular weight excluding hydrogens is 234 g/mol. The van der Waals surface area contributed by atoms with Crippen LogP contribution in [0.1, 0.15) is 44.3 Å². The molecule has 1 aliphatic rings. The minimum absolute atomic E-state index is 0.190. The molecular formula is C12H19N3OS. The number of nitrogens with zero attached hydrogens (tertiary/aromatic N) is 1. The third-order valence-corrected chi connectivity index (χ3v) is 3.47. The molecule has 1 aliphatic carbocycles. The molecule has 1 unspecified atom stereocenters. The molecule has 1 aromatic heterocycles. The molecule has 2 rings (SSSR count). The van der Waals surface area contributed by atoms with Crippen molar-refractivity contribution in [2.75, 3.05) is 6.54 Å². The molecule has 1 atom stereocenters. The van der Waals surface area contributed by atoms with Crippen LogP contribution in [0.5, 0.6) is 0 Å². The third kappa shape index (κ3) is 4.44. The summed E-state index contributed by atoms with van der Waals surface area (Å²) in [6.45, 7) is 2.95. The van der Waals surface area contributed by atoms with E-state index in [9.17, 15) is 4.79 Å². The molecule has 0 aliphatic heterocycles. The molecule has 1 fully saturated rings. The van der Waals surface area contributed by atoms with Gasteiger partial charge in [-0.1, -0.05) is 0 Å². The predicted molar refractivity (Wildman–Crippen MR) is 68.9 cm³/mol. The fourth-order valence-electron chi connectivity index (χ4n) is 1.64. The monoisotopic (exact) mass is 253 g/mol. The first kappa shape index (κ1) is 12.5. The fraction of sp³-hybridized carbons (Fsp3) is 0.667. The van der Waals surface area contributed by atoms with E-state index in [1.54, 1.807) is 11.3 Å². The lowest BCUT2D eigenvalue weighted by Crippen LogP contribution is -2.27. The lowest BCUT2D eigenvalue weighted by Gasteiger charge is -2.11. The Labute approximate surface area is 106 Å². The van der Waals surface area contributed by atoms with E-state index < -0.39 is 0 Å². The SMILES string of the molecule is CC(NCCCC(=O)NC1CC1)c1cscn1. The number of carbonyl (C=O) groups is 1. The molecule has 1 saturated carbocycles. The summed E-state index contributed by atoms with van der Waals surface area (Å²) in [6.07, 6.45) is 3.82. The van der Waals surface area contributed by atoms with Crippen molar-refractivity contribution in [2.24, 2.45) is 0 Å². The van der Waals surface area contributed by atoms with Gasteiger partial charge in [0.15, 0.2) is 0 Å². The van der Waals surface area contributed by atoms with Crippen molar-refractivity contribution in [3.63, 3.8) is 0 Å². The summed E-state index contributed by atoms with van der Waals surface area (Å²) in [5.74, 6) is 0.190. The van der Waals surface area contributed by atoms with Crippen LogP contribution in [0.3, 0.4) is 0 Å². The van der Waals surface area contributed by atoms with Gasteiger partial charge in [0, 0.05) is 23.9 Å². The van der Waals surface area contributed by atoms with Crippen molar-refractivity contribution in [1.82, 2.24) is 15.6 Å². The van der Waals surface area contributed by atoms with Crippen molar-refractivity contribution in [3.8, 4) is 0 Å². The topological polar surface area (TPSA) is 54.0 Å². The molecule has 4 nitrogen and oxygen atoms in total. The average Bonchev–Trinajstić information content (AvgIpc) is 2.96. The van der Waals surface area contributed by atoms with Crippen molar-refractivity contribution >= 4 is 17.2 Å². The van der Waals surface area contributed by atoms with E-state index in [2.05, 4.69) is 27.9 Å². The fourth-order valence-corrected chi connectivity index (χ4v) is 2.28. The molecule has 17 heavy (non-hydrogen) atoms. The third-order valence-electron chi connectivity index (χ3n) is 2.87. The van der Waals surface area contributed by atoms with Crippen molar-refractivity contribution in [3.05, 3.63) is 16.6 Å². The zero-order valence-electron chi connectivity index (χ0n) is 10.1. The summed E-state index contributed by atoms with van der Waals surface area (Å²) in [6, 6.07) is 0.747. The molecule has 5 heteroatoms. The number of rotatable bonds is 7. The molecule has 2 N–H and O–H groups in total. The predicted octanol–water partition coefficient (Wildman–Crippen LogP) is 1.85. The van der Waals surface area contributed by atoms with Crippen LogP contribution in [-0.2, 0) is 4.79 Å². The van der Waals surface area contributed by atoms with Crippen molar-refractivity contribution in [1.29, 1.82) is 0 Å². The second-order valence-electron chi connectivity index (χ2n) is 4.53. The molecule has 94 valence electrons. The van der Waals surface area contributed by atoms with Crippen LogP contribution in [-0.4, -0.2) is 23.5 Å². The molecule has 0 saturated heterocycles. The standard InChI is InChI=1S/C12H19N3OS/c1-9(11-7-17-8-14-11)13-6-2-3-12(16)15-10-4-5-10/h7-10,13H,2-6H2,1H3,(H,15,16). The van der Waals surface area contributed by atoms with Gasteiger partial charge >= 0.3 is 0 Å². The second-order valence-corrected chi connectivity index (χ2v) is 5.25. The summed E-state index contributed by atoms with van der Waals surface area (Å²) in [5.41, 5.74) is 2.92. The summed E-state index contributed by atoms with van der Waals surface area (Å²) in [4.78, 5) is 15.7. The number of hydrogen-bond acceptors (Lipinski definition) is 4. The van der Waals surface area contributed by atoms with E-state index in [-0.39, 0.29) is 11.9 Å². The first-order valence-electron chi connectivity index (χ1n) is 6.16. The second kappa shape index (κ2) is 6.12. The van der Waals surface area contributed by atoms with Crippen molar-refractivity contribution in [2.45, 2.75) is 44.7 Å². The highest BCUT2D eigenvalue weighted by Gasteiger charge is 2.22. The van der Waals surface area contributed by atoms with Crippen LogP contribution in [0.4, 0.5) is 0 Å². The number of nitrogens with one attached hydrogen (secondary N) is 2. The van der Waals surface area contributed by atoms with Gasteiger partial charge in [-0.05, 0) is 32.7 Å². The number of amides is 1. The number of carbonyl (C=O) groups excluding carboxylic acids is 1. The smallest absolute Gasteiger partial charge is 0.220 e. The molecule has 0 radical (unpaired) electrons. The highest BCUT2D eigenvalue weighted by Crippen LogP contribution is 2.18. The van der Waals surface area contributed by atoms with E-state index in [0.29, 0.717) is 12.5 Å². The molecule has 1 aromatic rings. The zero-order chi connectivity index (χ0) is 12.1. The van der Waals surface area contributed by atoms with E-state index in [1.807, 2.05) is 5.51 Å². The van der Waals surface area contributed by atoms with Crippen LogP contribution in [0.25, 0.3) is 0 Å². The van der Waals surface area contributed by atoms with E-state index in [4.69, 9.17) is 0 Å². The largest absolute Gasteiger partial charge is 0.353 e. The zero-order valence-corrected chi connectivity index (χ0v) is 10.9. The molecule has 0 aromatic carbocycles. The van der Waals surface area contributed by atoms with Crippen LogP contribution in [0.15, 0.2) is 10.9 Å². The highest BCUT2D eigenvalue weighted by atomic mass is 32.1. The number of thiazole rings is 1. The number of aromatic nitrogens is 1. The maximum absolute atomic E-state index is 11.4. The van der Waals surface area contributed by atoms with Gasteiger partial charge in [0.2, 0.25) is 5.91 Å². The molecule has 1 amide bonds. The van der Waals surface area contributed by atoms with Gasteiger partial charge < -0.3 is 10.6 Å². The van der Waals surface area contributed by atoms with E-state index in [0.717, 1.165) is 31.5 Å². The Morgan fingerprint density at radius 3 is 3.12 bits per heavy atom. The Kier molecular flexibility index (Phi) is 4.50. The summed E-state index contributed by atoms with van der Waals surface area (Å²) in [7, 11) is 0. The number of hydrogen-bond donors (Lipinski definition) is 2. The van der Waals surface area contributed by atoms with Crippen LogP contribution >= 0.6 is 11.3 Å². The minimum Gasteiger partial charge on any atom is -0.353 e. The van der Waals surface area contributed by atoms with Gasteiger partial charge in [-0.2, -0.15) is 0 Å². The lowest BCUT2D eigenvalue weighted by atomic mass is 10.2. The van der Waals surface area contributed by atoms with Crippen LogP contribution in [0, 0.1) is 0 Å². The molecule has 0 bridgehead atoms. The molecule has 0 spiro atoms. The Bertz CT molecular complexity index is 349. The highest BCUT2D eigenvalue weighted by molar-refractivity contribution is 7.07. The van der Waals surface area contributed by atoms with Gasteiger partial charge in [-0.15, -0.1) is 11.3 Å². The Balaban J connectivity index is 1.54. The minimum atomic E-state index is 0.190. The first-order valence-corrected chi connectivity index (χ1v) is 7.11. The van der Waals surface area contributed by atoms with E-state index in [1.165, 1.54) is 0 Å². The first-order chi connectivity index (χ1) is 8.25. The Hall–Kier alpha value is -0.940. The normalized spacial score (nSPS) is 16.8.